The first-order valence-corrected chi connectivity index (χ1v) is 6.91. The topological polar surface area (TPSA) is 110 Å². The van der Waals surface area contributed by atoms with Crippen LogP contribution in [0.1, 0.15) is 41.0 Å². The summed E-state index contributed by atoms with van der Waals surface area (Å²) in [6.45, 7) is 8.27. The van der Waals surface area contributed by atoms with Gasteiger partial charge in [-0.25, -0.2) is 0 Å². The molecule has 1 amide bonds. The lowest BCUT2D eigenvalue weighted by Gasteiger charge is -2.35. The number of aliphatic hydroxyl groups is 4. The molecule has 0 aromatic rings. The van der Waals surface area contributed by atoms with E-state index >= 15 is 0 Å². The molecule has 0 aliphatic carbocycles. The van der Waals surface area contributed by atoms with Crippen molar-refractivity contribution in [3.8, 4) is 0 Å². The van der Waals surface area contributed by atoms with E-state index in [1.807, 2.05) is 20.8 Å². The summed E-state index contributed by atoms with van der Waals surface area (Å²) in [6.07, 6.45) is -2.95. The van der Waals surface area contributed by atoms with Crippen LogP contribution in [0.15, 0.2) is 0 Å². The van der Waals surface area contributed by atoms with Crippen LogP contribution in [-0.4, -0.2) is 57.3 Å². The standard InChI is InChI=1S/C14H29NO5/c1-8(13(20)11(19)7-16)12(15-9(2)17)10(18)6-14(3,4)5/h8,10-13,16,18-20H,6-7H2,1-5H3,(H,15,17)/t8?,10?,11?,12?,13-/m0/s1. The van der Waals surface area contributed by atoms with Crippen LogP contribution < -0.4 is 5.32 Å². The number of carbonyl (C=O) groups is 1. The zero-order chi connectivity index (χ0) is 16.1. The van der Waals surface area contributed by atoms with Crippen molar-refractivity contribution in [2.45, 2.75) is 65.4 Å². The molecule has 6 nitrogen and oxygen atoms in total. The predicted molar refractivity (Wildman–Crippen MR) is 75.9 cm³/mol. The van der Waals surface area contributed by atoms with Gasteiger partial charge in [-0.15, -0.1) is 0 Å². The molecule has 0 aliphatic heterocycles. The van der Waals surface area contributed by atoms with E-state index in [9.17, 15) is 20.1 Å². The SMILES string of the molecule is CC(=O)NC(C(O)CC(C)(C)C)C(C)[C@H](O)C(O)CO. The summed E-state index contributed by atoms with van der Waals surface area (Å²) in [5, 5.41) is 41.2. The Kier molecular flexibility index (Phi) is 7.65. The first kappa shape index (κ1) is 19.3. The molecule has 0 heterocycles. The fraction of sp³-hybridized carbons (Fsp3) is 0.929. The van der Waals surface area contributed by atoms with Gasteiger partial charge in [-0.3, -0.25) is 4.79 Å². The van der Waals surface area contributed by atoms with E-state index in [1.165, 1.54) is 6.92 Å². The summed E-state index contributed by atoms with van der Waals surface area (Å²) < 4.78 is 0. The van der Waals surface area contributed by atoms with E-state index in [2.05, 4.69) is 5.32 Å². The fourth-order valence-corrected chi connectivity index (χ4v) is 2.24. The molecule has 0 saturated heterocycles. The third-order valence-corrected chi connectivity index (χ3v) is 3.29. The van der Waals surface area contributed by atoms with Gasteiger partial charge in [0.2, 0.25) is 5.91 Å². The summed E-state index contributed by atoms with van der Waals surface area (Å²) in [5.41, 5.74) is -0.142. The maximum atomic E-state index is 11.3. The molecule has 0 aromatic carbocycles. The quantitative estimate of drug-likeness (QED) is 0.440. The van der Waals surface area contributed by atoms with Crippen molar-refractivity contribution in [2.24, 2.45) is 11.3 Å². The summed E-state index contributed by atoms with van der Waals surface area (Å²) in [4.78, 5) is 11.3. The third kappa shape index (κ3) is 6.65. The molecule has 4 unspecified atom stereocenters. The Morgan fingerprint density at radius 3 is 2.00 bits per heavy atom. The lowest BCUT2D eigenvalue weighted by atomic mass is 9.81. The molecule has 5 atom stereocenters. The fourth-order valence-electron chi connectivity index (χ4n) is 2.24. The molecule has 0 radical (unpaired) electrons. The monoisotopic (exact) mass is 291 g/mol. The number of hydrogen-bond donors (Lipinski definition) is 5. The lowest BCUT2D eigenvalue weighted by molar-refractivity contribution is -0.123. The number of nitrogens with one attached hydrogen (secondary N) is 1. The highest BCUT2D eigenvalue weighted by molar-refractivity contribution is 5.73. The molecule has 0 aliphatic rings. The van der Waals surface area contributed by atoms with Crippen molar-refractivity contribution >= 4 is 5.91 Å². The number of aliphatic hydroxyl groups excluding tert-OH is 4. The highest BCUT2D eigenvalue weighted by atomic mass is 16.4. The number of rotatable bonds is 7. The number of hydrogen-bond acceptors (Lipinski definition) is 5. The van der Waals surface area contributed by atoms with Crippen LogP contribution in [-0.2, 0) is 4.79 Å². The van der Waals surface area contributed by atoms with Crippen molar-refractivity contribution < 1.29 is 25.2 Å². The Morgan fingerprint density at radius 1 is 1.15 bits per heavy atom. The van der Waals surface area contributed by atoms with Gasteiger partial charge < -0.3 is 25.7 Å². The lowest BCUT2D eigenvalue weighted by Crippen LogP contribution is -2.53. The first-order chi connectivity index (χ1) is 8.99. The normalized spacial score (nSPS) is 19.9. The maximum absolute atomic E-state index is 11.3. The highest BCUT2D eigenvalue weighted by Crippen LogP contribution is 2.25. The van der Waals surface area contributed by atoms with Crippen LogP contribution in [0.3, 0.4) is 0 Å². The second-order valence-electron chi connectivity index (χ2n) is 6.66. The molecule has 0 saturated carbocycles. The van der Waals surface area contributed by atoms with Crippen molar-refractivity contribution in [1.82, 2.24) is 5.32 Å². The molecule has 6 heteroatoms. The van der Waals surface area contributed by atoms with Crippen LogP contribution in [0.2, 0.25) is 0 Å². The molecule has 0 bridgehead atoms. The minimum atomic E-state index is -1.30. The van der Waals surface area contributed by atoms with E-state index in [-0.39, 0.29) is 11.3 Å². The smallest absolute Gasteiger partial charge is 0.217 e. The second-order valence-corrected chi connectivity index (χ2v) is 6.66. The average molecular weight is 291 g/mol. The van der Waals surface area contributed by atoms with Gasteiger partial charge in [-0.1, -0.05) is 27.7 Å². The average Bonchev–Trinajstić information content (AvgIpc) is 2.30. The van der Waals surface area contributed by atoms with Crippen LogP contribution in [0.25, 0.3) is 0 Å². The summed E-state index contributed by atoms with van der Waals surface area (Å²) in [5.74, 6) is -0.918. The Balaban J connectivity index is 4.99. The molecular weight excluding hydrogens is 262 g/mol. The summed E-state index contributed by atoms with van der Waals surface area (Å²) in [7, 11) is 0. The van der Waals surface area contributed by atoms with Crippen molar-refractivity contribution in [2.75, 3.05) is 6.61 Å². The van der Waals surface area contributed by atoms with Gasteiger partial charge in [0, 0.05) is 12.8 Å². The van der Waals surface area contributed by atoms with Crippen molar-refractivity contribution in [1.29, 1.82) is 0 Å². The highest BCUT2D eigenvalue weighted by Gasteiger charge is 2.35. The van der Waals surface area contributed by atoms with Crippen LogP contribution >= 0.6 is 0 Å². The molecule has 120 valence electrons. The zero-order valence-electron chi connectivity index (χ0n) is 13.0. The molecule has 20 heavy (non-hydrogen) atoms. The Bertz CT molecular complexity index is 302. The van der Waals surface area contributed by atoms with Gasteiger partial charge in [0.25, 0.3) is 0 Å². The Morgan fingerprint density at radius 2 is 1.65 bits per heavy atom. The largest absolute Gasteiger partial charge is 0.394 e. The van der Waals surface area contributed by atoms with E-state index in [4.69, 9.17) is 5.11 Å². The van der Waals surface area contributed by atoms with Gasteiger partial charge in [-0.2, -0.15) is 0 Å². The van der Waals surface area contributed by atoms with Gasteiger partial charge in [0.1, 0.15) is 6.10 Å². The molecule has 5 N–H and O–H groups in total. The van der Waals surface area contributed by atoms with Crippen LogP contribution in [0, 0.1) is 11.3 Å². The van der Waals surface area contributed by atoms with E-state index in [0.29, 0.717) is 6.42 Å². The van der Waals surface area contributed by atoms with Gasteiger partial charge in [0.15, 0.2) is 0 Å². The van der Waals surface area contributed by atoms with Gasteiger partial charge in [0.05, 0.1) is 24.9 Å². The number of amides is 1. The maximum Gasteiger partial charge on any atom is 0.217 e. The molecule has 0 spiro atoms. The molecule has 0 rings (SSSR count). The third-order valence-electron chi connectivity index (χ3n) is 3.29. The van der Waals surface area contributed by atoms with Gasteiger partial charge >= 0.3 is 0 Å². The summed E-state index contributed by atoms with van der Waals surface area (Å²) >= 11 is 0. The van der Waals surface area contributed by atoms with Crippen LogP contribution in [0.4, 0.5) is 0 Å². The van der Waals surface area contributed by atoms with Gasteiger partial charge in [-0.05, 0) is 11.8 Å². The van der Waals surface area contributed by atoms with Crippen molar-refractivity contribution in [3.05, 3.63) is 0 Å². The van der Waals surface area contributed by atoms with E-state index in [1.54, 1.807) is 6.92 Å². The molecule has 0 aromatic heterocycles. The first-order valence-electron chi connectivity index (χ1n) is 6.91. The van der Waals surface area contributed by atoms with E-state index < -0.39 is 36.9 Å². The minimum Gasteiger partial charge on any atom is -0.394 e. The predicted octanol–water partition coefficient (Wildman–Crippen LogP) is -0.362. The molecule has 0 fully saturated rings. The number of carbonyl (C=O) groups excluding carboxylic acids is 1. The minimum absolute atomic E-state index is 0.142. The summed E-state index contributed by atoms with van der Waals surface area (Å²) in [6, 6.07) is -0.692. The van der Waals surface area contributed by atoms with Crippen LogP contribution in [0.5, 0.6) is 0 Å². The Labute approximate surface area is 120 Å². The van der Waals surface area contributed by atoms with Crippen molar-refractivity contribution in [3.63, 3.8) is 0 Å². The van der Waals surface area contributed by atoms with E-state index in [0.717, 1.165) is 0 Å². The molecular formula is C14H29NO5. The zero-order valence-corrected chi connectivity index (χ0v) is 13.0. The Hall–Kier alpha value is -0.690. The second kappa shape index (κ2) is 7.93.